The molecule has 1 fully saturated rings. The van der Waals surface area contributed by atoms with E-state index in [2.05, 4.69) is 28.1 Å². The third kappa shape index (κ3) is 5.95. The number of rotatable bonds is 8. The standard InChI is InChI=1S/C11H16ClN4O12P3/c1-29(19,20)27-31(23,24)28-30(21,22)25-2-5-7(17)8(18)11(26-5)16-4-15-6-9(12)13-3-14-10(6)16/h3-5,7-8,11,17-18H,2H2,1H3,(H,19,20)(H,21,22)(H,23,24)/t5-,7-,8-,11-/m1/s1. The van der Waals surface area contributed by atoms with Crippen molar-refractivity contribution in [1.82, 2.24) is 19.5 Å². The van der Waals surface area contributed by atoms with Gasteiger partial charge in [0.1, 0.15) is 30.2 Å². The Morgan fingerprint density at radius 2 is 1.77 bits per heavy atom. The van der Waals surface area contributed by atoms with Crippen molar-refractivity contribution in [3.63, 3.8) is 0 Å². The van der Waals surface area contributed by atoms with E-state index in [0.717, 1.165) is 6.33 Å². The fraction of sp³-hybridized carbons (Fsp3) is 0.545. The van der Waals surface area contributed by atoms with E-state index in [9.17, 15) is 33.7 Å². The average molecular weight is 525 g/mol. The molecule has 0 radical (unpaired) electrons. The summed E-state index contributed by atoms with van der Waals surface area (Å²) in [5, 5.41) is 20.5. The molecular weight excluding hydrogens is 509 g/mol. The van der Waals surface area contributed by atoms with Crippen LogP contribution in [0.4, 0.5) is 0 Å². The molecule has 0 amide bonds. The SMILES string of the molecule is CP(=O)(O)OP(=O)(O)OP(=O)(O)OC[C@H]1O[C@@H](n2cnc3c(Cl)ncnc32)[C@H](O)[C@@H]1O. The van der Waals surface area contributed by atoms with Crippen molar-refractivity contribution in [3.8, 4) is 0 Å². The summed E-state index contributed by atoms with van der Waals surface area (Å²) < 4.78 is 53.3. The van der Waals surface area contributed by atoms with E-state index >= 15 is 0 Å². The molecule has 20 heteroatoms. The molecule has 16 nitrogen and oxygen atoms in total. The van der Waals surface area contributed by atoms with Crippen molar-refractivity contribution in [2.24, 2.45) is 0 Å². The van der Waals surface area contributed by atoms with Crippen molar-refractivity contribution in [2.45, 2.75) is 24.5 Å². The third-order valence-electron chi connectivity index (χ3n) is 3.79. The summed E-state index contributed by atoms with van der Waals surface area (Å²) in [6.45, 7) is -0.349. The van der Waals surface area contributed by atoms with Gasteiger partial charge in [-0.25, -0.2) is 28.4 Å². The second-order valence-corrected chi connectivity index (χ2v) is 11.6. The highest BCUT2D eigenvalue weighted by Gasteiger charge is 2.46. The Kier molecular flexibility index (Phi) is 7.07. The number of nitrogens with zero attached hydrogens (tertiary/aromatic N) is 4. The predicted molar refractivity (Wildman–Crippen MR) is 99.8 cm³/mol. The molecule has 1 saturated heterocycles. The lowest BCUT2D eigenvalue weighted by Gasteiger charge is -2.19. The zero-order valence-electron chi connectivity index (χ0n) is 15.3. The number of fused-ring (bicyclic) bond motifs is 1. The minimum atomic E-state index is -5.45. The highest BCUT2D eigenvalue weighted by atomic mass is 35.5. The maximum Gasteiger partial charge on any atom is 0.488 e. The normalized spacial score (nSPS) is 30.0. The van der Waals surface area contributed by atoms with E-state index in [4.69, 9.17) is 21.2 Å². The van der Waals surface area contributed by atoms with Crippen LogP contribution in [0.15, 0.2) is 12.7 Å². The Morgan fingerprint density at radius 3 is 2.42 bits per heavy atom. The highest BCUT2D eigenvalue weighted by molar-refractivity contribution is 7.68. The van der Waals surface area contributed by atoms with Gasteiger partial charge in [0.05, 0.1) is 12.9 Å². The lowest BCUT2D eigenvalue weighted by atomic mass is 10.1. The monoisotopic (exact) mass is 524 g/mol. The second kappa shape index (κ2) is 8.84. The molecule has 5 N–H and O–H groups in total. The highest BCUT2D eigenvalue weighted by Crippen LogP contribution is 2.66. The summed E-state index contributed by atoms with van der Waals surface area (Å²) in [4.78, 5) is 39.5. The number of phosphoric acid groups is 2. The number of halogens is 1. The number of phosphoric ester groups is 1. The van der Waals surface area contributed by atoms with E-state index in [1.165, 1.54) is 10.9 Å². The van der Waals surface area contributed by atoms with E-state index in [-0.39, 0.29) is 16.3 Å². The largest absolute Gasteiger partial charge is 0.488 e. The quantitative estimate of drug-likeness (QED) is 0.228. The van der Waals surface area contributed by atoms with Crippen molar-refractivity contribution >= 4 is 46.0 Å². The summed E-state index contributed by atoms with van der Waals surface area (Å²) in [7, 11) is -15.3. The molecule has 2 aromatic heterocycles. The van der Waals surface area contributed by atoms with Crippen molar-refractivity contribution in [1.29, 1.82) is 0 Å². The summed E-state index contributed by atoms with van der Waals surface area (Å²) in [5.74, 6) is 0. The number of aromatic nitrogens is 4. The molecule has 3 heterocycles. The summed E-state index contributed by atoms with van der Waals surface area (Å²) in [6, 6.07) is 0. The van der Waals surface area contributed by atoms with Crippen LogP contribution in [0, 0.1) is 0 Å². The Hall–Kier alpha value is -0.830. The van der Waals surface area contributed by atoms with Crippen LogP contribution >= 0.6 is 34.8 Å². The fourth-order valence-electron chi connectivity index (χ4n) is 2.63. The minimum absolute atomic E-state index is 0.0326. The van der Waals surface area contributed by atoms with Gasteiger partial charge in [-0.2, -0.15) is 4.31 Å². The van der Waals surface area contributed by atoms with Crippen LogP contribution in [0.1, 0.15) is 6.23 Å². The molecule has 3 rings (SSSR count). The molecule has 3 unspecified atom stereocenters. The number of hydrogen-bond donors (Lipinski definition) is 5. The lowest BCUT2D eigenvalue weighted by molar-refractivity contribution is -0.0503. The summed E-state index contributed by atoms with van der Waals surface area (Å²) in [6.07, 6.45) is -3.51. The van der Waals surface area contributed by atoms with E-state index in [1.54, 1.807) is 0 Å². The predicted octanol–water partition coefficient (Wildman–Crippen LogP) is 0.165. The van der Waals surface area contributed by atoms with Crippen molar-refractivity contribution < 1.29 is 56.5 Å². The number of aliphatic hydroxyl groups is 2. The zero-order chi connectivity index (χ0) is 23.2. The Labute approximate surface area is 178 Å². The van der Waals surface area contributed by atoms with Gasteiger partial charge in [-0.15, -0.1) is 0 Å². The van der Waals surface area contributed by atoms with Crippen LogP contribution in [-0.4, -0.2) is 76.0 Å². The second-order valence-electron chi connectivity index (χ2n) is 6.23. The Balaban J connectivity index is 1.69. The van der Waals surface area contributed by atoms with Crippen LogP contribution < -0.4 is 0 Å². The summed E-state index contributed by atoms with van der Waals surface area (Å²) in [5.41, 5.74) is 0.360. The van der Waals surface area contributed by atoms with E-state index in [0.29, 0.717) is 6.66 Å². The van der Waals surface area contributed by atoms with Crippen LogP contribution in [0.3, 0.4) is 0 Å². The third-order valence-corrected chi connectivity index (χ3v) is 8.23. The molecule has 0 aliphatic carbocycles. The molecule has 0 bridgehead atoms. The Bertz CT molecular complexity index is 1110. The topological polar surface area (TPSA) is 233 Å². The molecule has 1 aliphatic heterocycles. The number of imidazole rings is 1. The van der Waals surface area contributed by atoms with Gasteiger partial charge in [0.2, 0.25) is 0 Å². The maximum absolute atomic E-state index is 11.9. The molecule has 7 atom stereocenters. The first-order valence-corrected chi connectivity index (χ1v) is 13.5. The fourth-order valence-corrected chi connectivity index (χ4v) is 6.30. The van der Waals surface area contributed by atoms with Crippen molar-refractivity contribution in [3.05, 3.63) is 17.8 Å². The number of ether oxygens (including phenoxy) is 1. The Morgan fingerprint density at radius 1 is 1.10 bits per heavy atom. The summed E-state index contributed by atoms with van der Waals surface area (Å²) >= 11 is 5.90. The van der Waals surface area contributed by atoms with Gasteiger partial charge in [-0.3, -0.25) is 13.7 Å². The van der Waals surface area contributed by atoms with E-state index in [1.807, 2.05) is 0 Å². The first-order chi connectivity index (χ1) is 14.2. The van der Waals surface area contributed by atoms with Crippen LogP contribution in [0.5, 0.6) is 0 Å². The van der Waals surface area contributed by atoms with Gasteiger partial charge in [-0.05, 0) is 0 Å². The van der Waals surface area contributed by atoms with Gasteiger partial charge < -0.3 is 29.6 Å². The molecular formula is C11H16ClN4O12P3. The van der Waals surface area contributed by atoms with Crippen LogP contribution in [0.25, 0.3) is 11.2 Å². The van der Waals surface area contributed by atoms with Crippen molar-refractivity contribution in [2.75, 3.05) is 13.3 Å². The smallest absolute Gasteiger partial charge is 0.387 e. The van der Waals surface area contributed by atoms with Crippen LogP contribution in [-0.2, 0) is 31.6 Å². The molecule has 1 aliphatic rings. The average Bonchev–Trinajstić information content (AvgIpc) is 3.13. The van der Waals surface area contributed by atoms with Gasteiger partial charge in [0.15, 0.2) is 17.0 Å². The van der Waals surface area contributed by atoms with E-state index < -0.39 is 54.4 Å². The van der Waals surface area contributed by atoms with Gasteiger partial charge in [0, 0.05) is 6.66 Å². The molecule has 0 spiro atoms. The first kappa shape index (κ1) is 24.8. The molecule has 2 aromatic rings. The first-order valence-electron chi connectivity index (χ1n) is 8.07. The van der Waals surface area contributed by atoms with Crippen LogP contribution in [0.2, 0.25) is 5.15 Å². The van der Waals surface area contributed by atoms with Gasteiger partial charge in [0.25, 0.3) is 0 Å². The van der Waals surface area contributed by atoms with Gasteiger partial charge >= 0.3 is 23.2 Å². The number of hydrogen-bond acceptors (Lipinski definition) is 12. The molecule has 174 valence electrons. The maximum atomic E-state index is 11.9. The van der Waals surface area contributed by atoms with Gasteiger partial charge in [-0.1, -0.05) is 11.6 Å². The lowest BCUT2D eigenvalue weighted by Crippen LogP contribution is -2.33. The molecule has 31 heavy (non-hydrogen) atoms. The minimum Gasteiger partial charge on any atom is -0.387 e. The number of aliphatic hydroxyl groups excluding tert-OH is 2. The molecule has 0 saturated carbocycles. The zero-order valence-corrected chi connectivity index (χ0v) is 18.7. The molecule has 0 aromatic carbocycles.